The molecule has 17 heteroatoms. The van der Waals surface area contributed by atoms with Crippen molar-refractivity contribution in [3.05, 3.63) is 82.4 Å². The topological polar surface area (TPSA) is 159 Å². The molecular weight excluding hydrogens is 783 g/mol. The third-order valence-electron chi connectivity index (χ3n) is 9.12. The molecule has 304 valence electrons. The molecule has 0 fully saturated rings. The number of fused-ring (bicyclic) bond motifs is 6. The molecule has 1 spiro atoms. The van der Waals surface area contributed by atoms with Crippen LogP contribution in [0.2, 0.25) is 0 Å². The van der Waals surface area contributed by atoms with Crippen molar-refractivity contribution in [1.29, 1.82) is 5.26 Å². The summed E-state index contributed by atoms with van der Waals surface area (Å²) < 4.78 is 59.8. The van der Waals surface area contributed by atoms with Crippen LogP contribution >= 0.6 is 20.3 Å². The molecule has 2 aliphatic rings. The van der Waals surface area contributed by atoms with Crippen LogP contribution < -0.4 is 16.0 Å². The maximum Gasteiger partial charge on any atom is 0.471 e. The molecule has 0 saturated carbocycles. The number of unbranched alkanes of at least 4 members (excludes halogenated alkanes) is 3. The maximum atomic E-state index is 13.5. The highest BCUT2D eigenvalue weighted by atomic mass is 32.2. The van der Waals surface area contributed by atoms with Gasteiger partial charge in [0.1, 0.15) is 0 Å². The summed E-state index contributed by atoms with van der Waals surface area (Å²) in [6.45, 7) is 10.9. The second-order valence-corrected chi connectivity index (χ2v) is 16.6. The number of halogens is 3. The Morgan fingerprint density at radius 2 is 1.49 bits per heavy atom. The Hall–Kier alpha value is -4.52. The molecule has 0 aliphatic carbocycles. The van der Waals surface area contributed by atoms with E-state index >= 15 is 0 Å². The Bertz CT molecular complexity index is 2030. The molecule has 0 aromatic heterocycles. The number of alkyl halides is 3. The number of carbonyl (C=O) groups is 4. The van der Waals surface area contributed by atoms with Crippen LogP contribution in [0.5, 0.6) is 0 Å². The fraction of sp³-hybridized carbons (Fsp3) is 0.425. The van der Waals surface area contributed by atoms with Gasteiger partial charge in [-0.2, -0.15) is 18.4 Å². The maximum absolute atomic E-state index is 13.5. The number of nitrogens with zero attached hydrogens (tertiary/aromatic N) is 2. The molecule has 0 bridgehead atoms. The molecule has 0 radical (unpaired) electrons. The summed E-state index contributed by atoms with van der Waals surface area (Å²) in [5.41, 5.74) is 0.522. The summed E-state index contributed by atoms with van der Waals surface area (Å²) in [6, 6.07) is 16.3. The van der Waals surface area contributed by atoms with Gasteiger partial charge in [0.2, 0.25) is 5.91 Å². The van der Waals surface area contributed by atoms with Crippen molar-refractivity contribution in [1.82, 2.24) is 9.99 Å². The number of hydrogen-bond acceptors (Lipinski definition) is 10. The molecule has 3 aromatic carbocycles. The van der Waals surface area contributed by atoms with Crippen molar-refractivity contribution >= 4 is 55.4 Å². The minimum Gasteiger partial charge on any atom is -0.440 e. The summed E-state index contributed by atoms with van der Waals surface area (Å²) in [5.74, 6) is -3.49. The first-order valence-electron chi connectivity index (χ1n) is 18.6. The molecule has 2 atom stereocenters. The van der Waals surface area contributed by atoms with E-state index in [1.807, 2.05) is 5.32 Å². The molecule has 2 unspecified atom stereocenters. The van der Waals surface area contributed by atoms with E-state index in [2.05, 4.69) is 49.1 Å². The van der Waals surface area contributed by atoms with Crippen LogP contribution in [0.3, 0.4) is 0 Å². The van der Waals surface area contributed by atoms with Crippen LogP contribution in [0.4, 0.5) is 24.5 Å². The predicted octanol–water partition coefficient (Wildman–Crippen LogP) is 8.66. The fourth-order valence-electron chi connectivity index (χ4n) is 6.76. The quantitative estimate of drug-likeness (QED) is 0.0683. The summed E-state index contributed by atoms with van der Waals surface area (Å²) in [7, 11) is -1.30. The zero-order chi connectivity index (χ0) is 41.5. The molecular formula is C40H45F3N5O7PS. The lowest BCUT2D eigenvalue weighted by molar-refractivity contribution is -0.167. The standard InChI is InChI=1S/C40H45F3N5O7PS/c1-24(2)48(25(3)4)56(54-20-10-17-44)53-19-9-7-6-8-18-45-36(50)27-11-14-30-33(21-27)39(55-37(30)51)31-15-12-28(46-26(5)49)22-34(31)57-35-23-29(13-16-32(35)39)47-38(52)40(41,42)43/h11-16,21-25H,6-10,18-20H2,1-5H3,(H,45,50)(H,46,49)(H,47,52). The van der Waals surface area contributed by atoms with Crippen molar-refractivity contribution in [2.75, 3.05) is 30.4 Å². The number of hydrogen-bond donors (Lipinski definition) is 3. The summed E-state index contributed by atoms with van der Waals surface area (Å²) in [5, 5.41) is 16.5. The van der Waals surface area contributed by atoms with Crippen molar-refractivity contribution < 1.29 is 46.1 Å². The molecule has 3 aromatic rings. The molecule has 57 heavy (non-hydrogen) atoms. The first-order valence-corrected chi connectivity index (χ1v) is 20.5. The molecule has 12 nitrogen and oxygen atoms in total. The Labute approximate surface area is 335 Å². The van der Waals surface area contributed by atoms with Crippen LogP contribution in [0.1, 0.15) is 104 Å². The minimum absolute atomic E-state index is 0.125. The lowest BCUT2D eigenvalue weighted by atomic mass is 9.78. The summed E-state index contributed by atoms with van der Waals surface area (Å²) in [6.07, 6.45) is -1.62. The van der Waals surface area contributed by atoms with E-state index in [0.29, 0.717) is 64.8 Å². The van der Waals surface area contributed by atoms with Crippen molar-refractivity contribution in [2.45, 2.75) is 100 Å². The van der Waals surface area contributed by atoms with E-state index < -0.39 is 32.2 Å². The number of esters is 1. The summed E-state index contributed by atoms with van der Waals surface area (Å²) >= 11 is 1.17. The second kappa shape index (κ2) is 18.8. The van der Waals surface area contributed by atoms with Crippen LogP contribution in [-0.2, 0) is 29.0 Å². The van der Waals surface area contributed by atoms with Gasteiger partial charge in [0.15, 0.2) is 5.60 Å². The third-order valence-corrected chi connectivity index (χ3v) is 12.3. The van der Waals surface area contributed by atoms with Crippen LogP contribution in [0, 0.1) is 11.3 Å². The molecule has 3 N–H and O–H groups in total. The lowest BCUT2D eigenvalue weighted by Crippen LogP contribution is -2.34. The predicted molar refractivity (Wildman–Crippen MR) is 210 cm³/mol. The van der Waals surface area contributed by atoms with Gasteiger partial charge in [-0.3, -0.25) is 14.4 Å². The third kappa shape index (κ3) is 10.1. The van der Waals surface area contributed by atoms with Crippen LogP contribution in [0.15, 0.2) is 64.4 Å². The Morgan fingerprint density at radius 3 is 2.09 bits per heavy atom. The SMILES string of the molecule is CC(=O)Nc1ccc2c(c1)Sc1cc(NC(=O)C(F)(F)F)ccc1C21OC(=O)c2ccc(C(=O)NCCCCCCOP(OCCC#N)N(C(C)C)C(C)C)cc21. The highest BCUT2D eigenvalue weighted by Crippen LogP contribution is 2.57. The fourth-order valence-corrected chi connectivity index (χ4v) is 9.64. The number of benzene rings is 3. The summed E-state index contributed by atoms with van der Waals surface area (Å²) in [4.78, 5) is 51.5. The van der Waals surface area contributed by atoms with Gasteiger partial charge in [-0.25, -0.2) is 9.46 Å². The van der Waals surface area contributed by atoms with Gasteiger partial charge in [-0.15, -0.1) is 0 Å². The number of amides is 3. The first kappa shape index (κ1) is 43.6. The van der Waals surface area contributed by atoms with Gasteiger partial charge in [0, 0.05) is 69.0 Å². The molecule has 2 aliphatic heterocycles. The lowest BCUT2D eigenvalue weighted by Gasteiger charge is -2.37. The average Bonchev–Trinajstić information content (AvgIpc) is 3.42. The number of nitrogens with one attached hydrogen (secondary N) is 3. The van der Waals surface area contributed by atoms with Gasteiger partial charge in [0.25, 0.3) is 14.4 Å². The van der Waals surface area contributed by atoms with E-state index in [9.17, 15) is 32.3 Å². The highest BCUT2D eigenvalue weighted by molar-refractivity contribution is 7.99. The second-order valence-electron chi connectivity index (χ2n) is 14.0. The van der Waals surface area contributed by atoms with Crippen LogP contribution in [0.25, 0.3) is 0 Å². The largest absolute Gasteiger partial charge is 0.471 e. The van der Waals surface area contributed by atoms with E-state index in [1.165, 1.54) is 49.0 Å². The number of anilines is 2. The Morgan fingerprint density at radius 1 is 0.877 bits per heavy atom. The number of ether oxygens (including phenoxy) is 1. The average molecular weight is 828 g/mol. The molecule has 5 rings (SSSR count). The monoisotopic (exact) mass is 827 g/mol. The van der Waals surface area contributed by atoms with Crippen molar-refractivity contribution in [3.8, 4) is 6.07 Å². The Kier molecular flexibility index (Phi) is 14.4. The number of nitriles is 1. The highest BCUT2D eigenvalue weighted by Gasteiger charge is 2.53. The van der Waals surface area contributed by atoms with Gasteiger partial charge in [0.05, 0.1) is 31.3 Å². The molecule has 0 saturated heterocycles. The van der Waals surface area contributed by atoms with Crippen molar-refractivity contribution in [3.63, 3.8) is 0 Å². The normalized spacial score (nSPS) is 16.1. The van der Waals surface area contributed by atoms with Gasteiger partial charge in [-0.05, 0) is 83.0 Å². The van der Waals surface area contributed by atoms with E-state index in [1.54, 1.807) is 24.3 Å². The number of rotatable bonds is 17. The smallest absolute Gasteiger partial charge is 0.440 e. The van der Waals surface area contributed by atoms with Gasteiger partial charge >= 0.3 is 18.1 Å². The van der Waals surface area contributed by atoms with Crippen molar-refractivity contribution in [2.24, 2.45) is 0 Å². The minimum atomic E-state index is -5.11. The number of carbonyl (C=O) groups excluding carboxylic acids is 4. The van der Waals surface area contributed by atoms with E-state index in [0.717, 1.165) is 19.3 Å². The van der Waals surface area contributed by atoms with E-state index in [4.69, 9.17) is 19.0 Å². The zero-order valence-electron chi connectivity index (χ0n) is 32.2. The van der Waals surface area contributed by atoms with Crippen LogP contribution in [-0.4, -0.2) is 66.4 Å². The first-order chi connectivity index (χ1) is 27.1. The van der Waals surface area contributed by atoms with E-state index in [-0.39, 0.29) is 40.7 Å². The molecule has 3 amide bonds. The zero-order valence-corrected chi connectivity index (χ0v) is 34.0. The van der Waals surface area contributed by atoms with Gasteiger partial charge in [-0.1, -0.05) is 36.7 Å². The molecule has 2 heterocycles. The van der Waals surface area contributed by atoms with Gasteiger partial charge < -0.3 is 29.7 Å². The Balaban J connectivity index is 1.29.